The third-order valence-corrected chi connectivity index (χ3v) is 6.22. The second-order valence-electron chi connectivity index (χ2n) is 5.88. The summed E-state index contributed by atoms with van der Waals surface area (Å²) in [5, 5.41) is 2.82. The van der Waals surface area contributed by atoms with Crippen molar-refractivity contribution in [3.05, 3.63) is 24.3 Å². The predicted octanol–water partition coefficient (Wildman–Crippen LogP) is 2.59. The molecular formula is C16H25N3O3S. The summed E-state index contributed by atoms with van der Waals surface area (Å²) in [4.78, 5) is 14.2. The van der Waals surface area contributed by atoms with Gasteiger partial charge < -0.3 is 10.2 Å². The number of amides is 2. The maximum Gasteiger partial charge on any atom is 0.321 e. The van der Waals surface area contributed by atoms with Gasteiger partial charge in [-0.15, -0.1) is 0 Å². The van der Waals surface area contributed by atoms with Crippen molar-refractivity contribution in [2.45, 2.75) is 32.1 Å². The number of nitrogens with zero attached hydrogens (tertiary/aromatic N) is 2. The molecule has 1 aromatic carbocycles. The molecule has 0 spiro atoms. The topological polar surface area (TPSA) is 69.7 Å². The number of likely N-dealkylation sites (tertiary alicyclic amines) is 1. The smallest absolute Gasteiger partial charge is 0.321 e. The van der Waals surface area contributed by atoms with Crippen LogP contribution in [0.3, 0.4) is 0 Å². The summed E-state index contributed by atoms with van der Waals surface area (Å²) in [5.74, 6) is 0.530. The van der Waals surface area contributed by atoms with Gasteiger partial charge >= 0.3 is 6.03 Å². The zero-order valence-corrected chi connectivity index (χ0v) is 14.8. The Morgan fingerprint density at radius 2 is 1.87 bits per heavy atom. The summed E-state index contributed by atoms with van der Waals surface area (Å²) in [6, 6.07) is 6.21. The quantitative estimate of drug-likeness (QED) is 0.896. The van der Waals surface area contributed by atoms with E-state index in [2.05, 4.69) is 12.2 Å². The van der Waals surface area contributed by atoms with Crippen LogP contribution in [0.25, 0.3) is 0 Å². The molecule has 6 nitrogen and oxygen atoms in total. The molecule has 1 aliphatic heterocycles. The number of sulfonamides is 1. The second-order valence-corrected chi connectivity index (χ2v) is 7.82. The molecule has 0 saturated carbocycles. The lowest BCUT2D eigenvalue weighted by atomic mass is 10.2. The molecule has 0 aliphatic carbocycles. The zero-order chi connectivity index (χ0) is 17.0. The highest BCUT2D eigenvalue weighted by Gasteiger charge is 2.24. The van der Waals surface area contributed by atoms with Gasteiger partial charge in [0.15, 0.2) is 0 Å². The SMILES string of the molecule is CCN(CC)S(=O)(=O)c1ccc(NC(=O)N2CCC(C)C2)cc1. The largest absolute Gasteiger partial charge is 0.324 e. The first-order valence-electron chi connectivity index (χ1n) is 8.04. The van der Waals surface area contributed by atoms with Gasteiger partial charge in [0.1, 0.15) is 0 Å². The van der Waals surface area contributed by atoms with Crippen LogP contribution in [0.5, 0.6) is 0 Å². The van der Waals surface area contributed by atoms with Crippen LogP contribution in [0, 0.1) is 5.92 Å². The molecule has 1 fully saturated rings. The lowest BCUT2D eigenvalue weighted by molar-refractivity contribution is 0.221. The van der Waals surface area contributed by atoms with E-state index in [1.54, 1.807) is 17.0 Å². The molecule has 23 heavy (non-hydrogen) atoms. The van der Waals surface area contributed by atoms with E-state index in [-0.39, 0.29) is 10.9 Å². The van der Waals surface area contributed by atoms with Crippen LogP contribution in [0.4, 0.5) is 10.5 Å². The summed E-state index contributed by atoms with van der Waals surface area (Å²) in [6.07, 6.45) is 1.02. The van der Waals surface area contributed by atoms with Crippen LogP contribution in [0.1, 0.15) is 27.2 Å². The van der Waals surface area contributed by atoms with E-state index < -0.39 is 10.0 Å². The van der Waals surface area contributed by atoms with Crippen molar-refractivity contribution in [2.75, 3.05) is 31.5 Å². The van der Waals surface area contributed by atoms with E-state index in [1.807, 2.05) is 13.8 Å². The fourth-order valence-corrected chi connectivity index (χ4v) is 4.20. The maximum atomic E-state index is 12.4. The molecule has 2 rings (SSSR count). The summed E-state index contributed by atoms with van der Waals surface area (Å²) in [6.45, 7) is 8.15. The first-order chi connectivity index (χ1) is 10.9. The number of hydrogen-bond acceptors (Lipinski definition) is 3. The van der Waals surface area contributed by atoms with Crippen LogP contribution >= 0.6 is 0 Å². The average molecular weight is 339 g/mol. The Labute approximate surface area is 138 Å². The van der Waals surface area contributed by atoms with Crippen LogP contribution in [-0.2, 0) is 10.0 Å². The molecular weight excluding hydrogens is 314 g/mol. The van der Waals surface area contributed by atoms with E-state index >= 15 is 0 Å². The van der Waals surface area contributed by atoms with Crippen LogP contribution < -0.4 is 5.32 Å². The van der Waals surface area contributed by atoms with Crippen LogP contribution in [0.15, 0.2) is 29.2 Å². The normalized spacial score (nSPS) is 18.4. The van der Waals surface area contributed by atoms with Crippen molar-refractivity contribution in [2.24, 2.45) is 5.92 Å². The Morgan fingerprint density at radius 1 is 1.26 bits per heavy atom. The Bertz CT molecular complexity index is 639. The molecule has 2 amide bonds. The number of carbonyl (C=O) groups excluding carboxylic acids is 1. The molecule has 1 N–H and O–H groups in total. The fourth-order valence-electron chi connectivity index (χ4n) is 2.74. The number of anilines is 1. The Hall–Kier alpha value is -1.60. The summed E-state index contributed by atoms with van der Waals surface area (Å²) >= 11 is 0. The number of hydrogen-bond donors (Lipinski definition) is 1. The van der Waals surface area contributed by atoms with Crippen molar-refractivity contribution in [3.8, 4) is 0 Å². The molecule has 128 valence electrons. The lowest BCUT2D eigenvalue weighted by Gasteiger charge is -2.19. The Morgan fingerprint density at radius 3 is 2.35 bits per heavy atom. The molecule has 0 bridgehead atoms. The second kappa shape index (κ2) is 7.31. The monoisotopic (exact) mass is 339 g/mol. The molecule has 1 atom stereocenters. The maximum absolute atomic E-state index is 12.4. The van der Waals surface area contributed by atoms with E-state index in [9.17, 15) is 13.2 Å². The number of benzene rings is 1. The van der Waals surface area contributed by atoms with Gasteiger partial charge in [-0.2, -0.15) is 4.31 Å². The zero-order valence-electron chi connectivity index (χ0n) is 13.9. The lowest BCUT2D eigenvalue weighted by Crippen LogP contribution is -2.33. The van der Waals surface area contributed by atoms with Gasteiger partial charge in [-0.25, -0.2) is 13.2 Å². The first-order valence-corrected chi connectivity index (χ1v) is 9.48. The van der Waals surface area contributed by atoms with Crippen LogP contribution in [0.2, 0.25) is 0 Å². The van der Waals surface area contributed by atoms with Crippen molar-refractivity contribution >= 4 is 21.7 Å². The third-order valence-electron chi connectivity index (χ3n) is 4.16. The van der Waals surface area contributed by atoms with Crippen molar-refractivity contribution < 1.29 is 13.2 Å². The van der Waals surface area contributed by atoms with E-state index in [0.29, 0.717) is 24.7 Å². The van der Waals surface area contributed by atoms with E-state index in [0.717, 1.165) is 19.5 Å². The van der Waals surface area contributed by atoms with Gasteiger partial charge in [-0.05, 0) is 36.6 Å². The number of nitrogens with one attached hydrogen (secondary N) is 1. The summed E-state index contributed by atoms with van der Waals surface area (Å²) in [5.41, 5.74) is 0.605. The van der Waals surface area contributed by atoms with Crippen molar-refractivity contribution in [1.82, 2.24) is 9.21 Å². The molecule has 1 heterocycles. The fraction of sp³-hybridized carbons (Fsp3) is 0.562. The molecule has 0 radical (unpaired) electrons. The standard InChI is InChI=1S/C16H25N3O3S/c1-4-19(5-2)23(21,22)15-8-6-14(7-9-15)17-16(20)18-11-10-13(3)12-18/h6-9,13H,4-5,10-12H2,1-3H3,(H,17,20). The Kier molecular flexibility index (Phi) is 5.64. The van der Waals surface area contributed by atoms with Gasteiger partial charge in [0.05, 0.1) is 4.90 Å². The van der Waals surface area contributed by atoms with E-state index in [4.69, 9.17) is 0 Å². The molecule has 1 saturated heterocycles. The molecule has 7 heteroatoms. The highest BCUT2D eigenvalue weighted by atomic mass is 32.2. The van der Waals surface area contributed by atoms with Crippen molar-refractivity contribution in [1.29, 1.82) is 0 Å². The minimum absolute atomic E-state index is 0.131. The van der Waals surface area contributed by atoms with E-state index in [1.165, 1.54) is 16.4 Å². The first kappa shape index (κ1) is 17.7. The summed E-state index contributed by atoms with van der Waals surface area (Å²) in [7, 11) is -3.46. The van der Waals surface area contributed by atoms with Gasteiger partial charge in [-0.3, -0.25) is 0 Å². The summed E-state index contributed by atoms with van der Waals surface area (Å²) < 4.78 is 26.2. The number of carbonyl (C=O) groups is 1. The van der Waals surface area contributed by atoms with Gasteiger partial charge in [0.2, 0.25) is 10.0 Å². The molecule has 1 unspecified atom stereocenters. The number of rotatable bonds is 5. The highest BCUT2D eigenvalue weighted by Crippen LogP contribution is 2.20. The van der Waals surface area contributed by atoms with Crippen molar-refractivity contribution in [3.63, 3.8) is 0 Å². The van der Waals surface area contributed by atoms with Gasteiger partial charge in [0.25, 0.3) is 0 Å². The van der Waals surface area contributed by atoms with Crippen LogP contribution in [-0.4, -0.2) is 49.8 Å². The molecule has 1 aliphatic rings. The average Bonchev–Trinajstić information content (AvgIpc) is 2.95. The van der Waals surface area contributed by atoms with Gasteiger partial charge in [0, 0.05) is 31.9 Å². The number of urea groups is 1. The predicted molar refractivity (Wildman–Crippen MR) is 90.9 cm³/mol. The van der Waals surface area contributed by atoms with Gasteiger partial charge in [-0.1, -0.05) is 20.8 Å². The highest BCUT2D eigenvalue weighted by molar-refractivity contribution is 7.89. The molecule has 1 aromatic rings. The molecule has 0 aromatic heterocycles. The Balaban J connectivity index is 2.06. The third kappa shape index (κ3) is 4.03. The minimum atomic E-state index is -3.46. The minimum Gasteiger partial charge on any atom is -0.324 e.